The fourth-order valence-corrected chi connectivity index (χ4v) is 3.16. The van der Waals surface area contributed by atoms with Crippen molar-refractivity contribution in [2.24, 2.45) is 0 Å². The Kier molecular flexibility index (Phi) is 4.70. The summed E-state index contributed by atoms with van der Waals surface area (Å²) >= 11 is 0. The molecule has 2 aromatic rings. The van der Waals surface area contributed by atoms with E-state index >= 15 is 0 Å². The van der Waals surface area contributed by atoms with Crippen molar-refractivity contribution in [2.75, 3.05) is 14.2 Å². The minimum absolute atomic E-state index is 0.0438. The summed E-state index contributed by atoms with van der Waals surface area (Å²) in [6, 6.07) is 13.7. The molecule has 1 aliphatic carbocycles. The molecule has 138 valence electrons. The summed E-state index contributed by atoms with van der Waals surface area (Å²) in [6.45, 7) is 6.50. The first-order valence-electron chi connectivity index (χ1n) is 8.95. The van der Waals surface area contributed by atoms with E-state index in [4.69, 9.17) is 9.47 Å². The van der Waals surface area contributed by atoms with Gasteiger partial charge in [0, 0.05) is 5.56 Å². The maximum absolute atomic E-state index is 12.7. The Morgan fingerprint density at radius 1 is 0.962 bits per heavy atom. The molecule has 1 N–H and O–H groups in total. The predicted octanol–water partition coefficient (Wildman–Crippen LogP) is 4.42. The molecule has 0 bridgehead atoms. The van der Waals surface area contributed by atoms with E-state index < -0.39 is 0 Å². The number of hydrogen-bond acceptors (Lipinski definition) is 3. The first-order valence-corrected chi connectivity index (χ1v) is 8.95. The van der Waals surface area contributed by atoms with Gasteiger partial charge in [0.1, 0.15) is 0 Å². The van der Waals surface area contributed by atoms with Gasteiger partial charge in [-0.2, -0.15) is 0 Å². The van der Waals surface area contributed by atoms with Crippen LogP contribution in [0.25, 0.3) is 0 Å². The van der Waals surface area contributed by atoms with Crippen LogP contribution in [0.4, 0.5) is 0 Å². The third-order valence-electron chi connectivity index (χ3n) is 5.05. The highest BCUT2D eigenvalue weighted by atomic mass is 16.5. The zero-order valence-electron chi connectivity index (χ0n) is 16.2. The molecule has 0 aromatic heterocycles. The van der Waals surface area contributed by atoms with Crippen LogP contribution < -0.4 is 14.8 Å². The van der Waals surface area contributed by atoms with Crippen LogP contribution in [-0.2, 0) is 11.0 Å². The van der Waals surface area contributed by atoms with E-state index in [1.807, 2.05) is 42.5 Å². The highest BCUT2D eigenvalue weighted by Gasteiger charge is 2.46. The van der Waals surface area contributed by atoms with E-state index in [0.29, 0.717) is 17.1 Å². The summed E-state index contributed by atoms with van der Waals surface area (Å²) in [7, 11) is 3.24. The van der Waals surface area contributed by atoms with Gasteiger partial charge in [-0.05, 0) is 53.6 Å². The van der Waals surface area contributed by atoms with E-state index in [1.165, 1.54) is 5.56 Å². The minimum Gasteiger partial charge on any atom is -0.493 e. The fourth-order valence-electron chi connectivity index (χ4n) is 3.16. The van der Waals surface area contributed by atoms with E-state index in [9.17, 15) is 4.79 Å². The number of rotatable bonds is 5. The molecule has 4 nitrogen and oxygen atoms in total. The maximum Gasteiger partial charge on any atom is 0.251 e. The molecule has 4 heteroatoms. The SMILES string of the molecule is COc1ccc(C2(NC(=O)c3ccc(C(C)(C)C)cc3)CC2)cc1OC. The van der Waals surface area contributed by atoms with E-state index in [0.717, 1.165) is 18.4 Å². The molecular formula is C22H27NO3. The largest absolute Gasteiger partial charge is 0.493 e. The van der Waals surface area contributed by atoms with Gasteiger partial charge >= 0.3 is 0 Å². The highest BCUT2D eigenvalue weighted by Crippen LogP contribution is 2.47. The number of methoxy groups -OCH3 is 2. The highest BCUT2D eigenvalue weighted by molar-refractivity contribution is 5.95. The second kappa shape index (κ2) is 6.67. The van der Waals surface area contributed by atoms with Crippen molar-refractivity contribution in [1.29, 1.82) is 0 Å². The second-order valence-corrected chi connectivity index (χ2v) is 7.93. The summed E-state index contributed by atoms with van der Waals surface area (Å²) < 4.78 is 10.7. The van der Waals surface area contributed by atoms with E-state index in [2.05, 4.69) is 26.1 Å². The van der Waals surface area contributed by atoms with Gasteiger partial charge in [0.25, 0.3) is 5.91 Å². The van der Waals surface area contributed by atoms with Gasteiger partial charge in [0.2, 0.25) is 0 Å². The van der Waals surface area contributed by atoms with Crippen molar-refractivity contribution < 1.29 is 14.3 Å². The molecule has 1 aliphatic rings. The van der Waals surface area contributed by atoms with Crippen molar-refractivity contribution >= 4 is 5.91 Å². The van der Waals surface area contributed by atoms with Gasteiger partial charge in [-0.15, -0.1) is 0 Å². The average molecular weight is 353 g/mol. The Morgan fingerprint density at radius 2 is 1.58 bits per heavy atom. The van der Waals surface area contributed by atoms with Gasteiger partial charge in [0.05, 0.1) is 19.8 Å². The second-order valence-electron chi connectivity index (χ2n) is 7.93. The molecule has 0 radical (unpaired) electrons. The Bertz CT molecular complexity index is 799. The molecular weight excluding hydrogens is 326 g/mol. The summed E-state index contributed by atoms with van der Waals surface area (Å²) in [4.78, 5) is 12.7. The third kappa shape index (κ3) is 3.55. The van der Waals surface area contributed by atoms with Crippen LogP contribution in [0.1, 0.15) is 55.1 Å². The zero-order valence-corrected chi connectivity index (χ0v) is 16.2. The smallest absolute Gasteiger partial charge is 0.251 e. The number of carbonyl (C=O) groups excluding carboxylic acids is 1. The lowest BCUT2D eigenvalue weighted by Crippen LogP contribution is -2.34. The predicted molar refractivity (Wildman–Crippen MR) is 103 cm³/mol. The van der Waals surface area contributed by atoms with Crippen LogP contribution in [0.5, 0.6) is 11.5 Å². The standard InChI is InChI=1S/C22H27NO3/c1-21(2,3)16-8-6-15(7-9-16)20(24)23-22(12-13-22)17-10-11-18(25-4)19(14-17)26-5/h6-11,14H,12-13H2,1-5H3,(H,23,24). The molecule has 0 heterocycles. The molecule has 26 heavy (non-hydrogen) atoms. The number of ether oxygens (including phenoxy) is 2. The summed E-state index contributed by atoms with van der Waals surface area (Å²) in [5.41, 5.74) is 2.72. The van der Waals surface area contributed by atoms with Crippen LogP contribution in [0.2, 0.25) is 0 Å². The first-order chi connectivity index (χ1) is 12.3. The number of benzene rings is 2. The fraction of sp³-hybridized carbons (Fsp3) is 0.409. The Labute approximate surface area is 155 Å². The van der Waals surface area contributed by atoms with Crippen LogP contribution in [-0.4, -0.2) is 20.1 Å². The Morgan fingerprint density at radius 3 is 2.08 bits per heavy atom. The molecule has 0 unspecified atom stereocenters. The maximum atomic E-state index is 12.7. The summed E-state index contributed by atoms with van der Waals surface area (Å²) in [6.07, 6.45) is 1.85. The lowest BCUT2D eigenvalue weighted by molar-refractivity contribution is 0.0930. The van der Waals surface area contributed by atoms with E-state index in [-0.39, 0.29) is 16.9 Å². The minimum atomic E-state index is -0.306. The molecule has 0 saturated heterocycles. The van der Waals surface area contributed by atoms with Crippen molar-refractivity contribution in [3.63, 3.8) is 0 Å². The topological polar surface area (TPSA) is 47.6 Å². The average Bonchev–Trinajstić information content (AvgIpc) is 3.41. The van der Waals surface area contributed by atoms with E-state index in [1.54, 1.807) is 14.2 Å². The van der Waals surface area contributed by atoms with Crippen LogP contribution in [0.3, 0.4) is 0 Å². The van der Waals surface area contributed by atoms with Crippen LogP contribution >= 0.6 is 0 Å². The summed E-state index contributed by atoms with van der Waals surface area (Å²) in [5.74, 6) is 1.33. The Hall–Kier alpha value is -2.49. The van der Waals surface area contributed by atoms with Gasteiger partial charge < -0.3 is 14.8 Å². The lowest BCUT2D eigenvalue weighted by Gasteiger charge is -2.21. The molecule has 1 saturated carbocycles. The van der Waals surface area contributed by atoms with Gasteiger partial charge in [-0.25, -0.2) is 0 Å². The number of carbonyl (C=O) groups is 1. The van der Waals surface area contributed by atoms with Crippen molar-refractivity contribution in [3.05, 3.63) is 59.2 Å². The van der Waals surface area contributed by atoms with Crippen molar-refractivity contribution in [2.45, 2.75) is 44.6 Å². The molecule has 2 aromatic carbocycles. The quantitative estimate of drug-likeness (QED) is 0.865. The van der Waals surface area contributed by atoms with Crippen LogP contribution in [0.15, 0.2) is 42.5 Å². The third-order valence-corrected chi connectivity index (χ3v) is 5.05. The monoisotopic (exact) mass is 353 g/mol. The molecule has 3 rings (SSSR count). The summed E-state index contributed by atoms with van der Waals surface area (Å²) in [5, 5.41) is 3.21. The number of hydrogen-bond donors (Lipinski definition) is 1. The molecule has 1 amide bonds. The number of amides is 1. The van der Waals surface area contributed by atoms with Crippen molar-refractivity contribution in [1.82, 2.24) is 5.32 Å². The lowest BCUT2D eigenvalue weighted by atomic mass is 9.86. The van der Waals surface area contributed by atoms with Gasteiger partial charge in [-0.3, -0.25) is 4.79 Å². The van der Waals surface area contributed by atoms with Gasteiger partial charge in [0.15, 0.2) is 11.5 Å². The normalized spacial score (nSPS) is 15.3. The Balaban J connectivity index is 1.79. The zero-order chi connectivity index (χ0) is 18.9. The molecule has 0 aliphatic heterocycles. The molecule has 1 fully saturated rings. The first kappa shape index (κ1) is 18.3. The molecule has 0 spiro atoms. The van der Waals surface area contributed by atoms with Crippen molar-refractivity contribution in [3.8, 4) is 11.5 Å². The van der Waals surface area contributed by atoms with Crippen LogP contribution in [0, 0.1) is 0 Å². The number of nitrogens with one attached hydrogen (secondary N) is 1. The van der Waals surface area contributed by atoms with Gasteiger partial charge in [-0.1, -0.05) is 39.0 Å². The molecule has 0 atom stereocenters.